The van der Waals surface area contributed by atoms with Gasteiger partial charge in [0, 0.05) is 18.8 Å². The number of likely N-dealkylation sites (tertiary alicyclic amines) is 1. The van der Waals surface area contributed by atoms with Crippen molar-refractivity contribution >= 4 is 28.5 Å². The van der Waals surface area contributed by atoms with Gasteiger partial charge in [-0.2, -0.15) is 13.2 Å². The van der Waals surface area contributed by atoms with Crippen molar-refractivity contribution in [2.75, 3.05) is 25.0 Å². The number of alkyl halides is 3. The van der Waals surface area contributed by atoms with E-state index >= 15 is 0 Å². The Morgan fingerprint density at radius 2 is 1.94 bits per heavy atom. The molecule has 0 aromatic carbocycles. The van der Waals surface area contributed by atoms with Gasteiger partial charge in [0.1, 0.15) is 5.41 Å². The summed E-state index contributed by atoms with van der Waals surface area (Å²) in [5.41, 5.74) is -0.587. The van der Waals surface area contributed by atoms with E-state index in [4.69, 9.17) is 4.74 Å². The van der Waals surface area contributed by atoms with Gasteiger partial charge in [0.2, 0.25) is 0 Å². The summed E-state index contributed by atoms with van der Waals surface area (Å²) in [7, 11) is 0. The molecule has 11 heteroatoms. The lowest BCUT2D eigenvalue weighted by atomic mass is 9.87. The first kappa shape index (κ1) is 24.9. The summed E-state index contributed by atoms with van der Waals surface area (Å²) in [6, 6.07) is 2.75. The maximum absolute atomic E-state index is 13.5. The molecule has 1 aliphatic rings. The Labute approximate surface area is 194 Å². The van der Waals surface area contributed by atoms with Gasteiger partial charge in [-0.1, -0.05) is 11.3 Å². The van der Waals surface area contributed by atoms with Crippen LogP contribution < -0.4 is 5.32 Å². The first-order valence-corrected chi connectivity index (χ1v) is 11.4. The van der Waals surface area contributed by atoms with E-state index in [2.05, 4.69) is 15.3 Å². The van der Waals surface area contributed by atoms with Crippen molar-refractivity contribution in [2.45, 2.75) is 52.6 Å². The van der Waals surface area contributed by atoms with Crippen LogP contribution in [0.4, 0.5) is 23.1 Å². The first-order valence-electron chi connectivity index (χ1n) is 10.6. The zero-order valence-corrected chi connectivity index (χ0v) is 20.0. The van der Waals surface area contributed by atoms with Crippen molar-refractivity contribution in [3.63, 3.8) is 0 Å². The Balaban J connectivity index is 1.79. The molecule has 1 aliphatic heterocycles. The minimum Gasteiger partial charge on any atom is -0.466 e. The number of ether oxygens (including phenoxy) is 1. The molecule has 3 heterocycles. The molecule has 1 atom stereocenters. The van der Waals surface area contributed by atoms with E-state index in [1.54, 1.807) is 26.8 Å². The number of halogens is 3. The molecule has 0 spiro atoms. The van der Waals surface area contributed by atoms with Gasteiger partial charge < -0.3 is 9.64 Å². The third-order valence-electron chi connectivity index (χ3n) is 5.67. The number of amides is 2. The molecule has 0 aliphatic carbocycles. The number of aryl methyl sites for hydroxylation is 2. The van der Waals surface area contributed by atoms with E-state index in [0.717, 1.165) is 13.8 Å². The summed E-state index contributed by atoms with van der Waals surface area (Å²) < 4.78 is 45.7. The number of nitrogens with zero attached hydrogens (tertiary/aromatic N) is 3. The molecule has 7 nitrogen and oxygen atoms in total. The molecule has 0 saturated carbocycles. The van der Waals surface area contributed by atoms with E-state index in [1.165, 1.54) is 22.3 Å². The molecule has 2 aromatic heterocycles. The Kier molecular flexibility index (Phi) is 7.01. The van der Waals surface area contributed by atoms with Crippen LogP contribution in [0.3, 0.4) is 0 Å². The van der Waals surface area contributed by atoms with Crippen LogP contribution in [0.1, 0.15) is 44.3 Å². The maximum Gasteiger partial charge on any atom is 0.399 e. The van der Waals surface area contributed by atoms with Gasteiger partial charge in [-0.25, -0.2) is 9.78 Å². The molecule has 1 fully saturated rings. The largest absolute Gasteiger partial charge is 0.466 e. The van der Waals surface area contributed by atoms with E-state index in [9.17, 15) is 22.8 Å². The zero-order valence-electron chi connectivity index (χ0n) is 19.2. The summed E-state index contributed by atoms with van der Waals surface area (Å²) >= 11 is 1.18. The molecule has 0 unspecified atom stereocenters. The average molecular weight is 485 g/mol. The first-order chi connectivity index (χ1) is 15.3. The number of esters is 1. The van der Waals surface area contributed by atoms with Crippen LogP contribution in [0.25, 0.3) is 10.4 Å². The molecule has 2 amide bonds. The standard InChI is InChI=1S/C22H27F3N4O3S/c1-6-32-18(30)14-7-8-29(11-14)20(31)28-19-27-13(3)17(33-19)15-9-12(2)26-16(10-15)21(4,5)22(23,24)25/h9-10,14H,6-8,11H2,1-5H3,(H,27,28,31)/t14-/m1/s1. The predicted octanol–water partition coefficient (Wildman–Crippen LogP) is 5.08. The third kappa shape index (κ3) is 5.29. The number of hydrogen-bond donors (Lipinski definition) is 1. The van der Waals surface area contributed by atoms with Crippen molar-refractivity contribution in [2.24, 2.45) is 5.92 Å². The predicted molar refractivity (Wildman–Crippen MR) is 119 cm³/mol. The van der Waals surface area contributed by atoms with Crippen molar-refractivity contribution in [3.8, 4) is 10.4 Å². The number of anilines is 1. The average Bonchev–Trinajstić information content (AvgIpc) is 3.34. The Morgan fingerprint density at radius 1 is 1.24 bits per heavy atom. The highest BCUT2D eigenvalue weighted by atomic mass is 32.1. The van der Waals surface area contributed by atoms with Crippen LogP contribution in [-0.2, 0) is 14.9 Å². The highest BCUT2D eigenvalue weighted by Crippen LogP contribution is 2.42. The minimum atomic E-state index is -4.45. The second-order valence-corrected chi connectivity index (χ2v) is 9.55. The van der Waals surface area contributed by atoms with E-state index < -0.39 is 11.6 Å². The van der Waals surface area contributed by atoms with Gasteiger partial charge in [-0.3, -0.25) is 15.1 Å². The summed E-state index contributed by atoms with van der Waals surface area (Å²) in [6.45, 7) is 8.29. The Bertz CT molecular complexity index is 1050. The topological polar surface area (TPSA) is 84.4 Å². The van der Waals surface area contributed by atoms with Gasteiger partial charge in [0.25, 0.3) is 0 Å². The third-order valence-corrected chi connectivity index (χ3v) is 6.79. The lowest BCUT2D eigenvalue weighted by molar-refractivity contribution is -0.181. The lowest BCUT2D eigenvalue weighted by Crippen LogP contribution is -2.37. The van der Waals surface area contributed by atoms with Crippen LogP contribution in [0.2, 0.25) is 0 Å². The zero-order chi connectivity index (χ0) is 24.6. The number of carbonyl (C=O) groups is 2. The number of nitrogens with one attached hydrogen (secondary N) is 1. The van der Waals surface area contributed by atoms with Crippen LogP contribution in [-0.4, -0.2) is 52.7 Å². The molecule has 0 radical (unpaired) electrons. The maximum atomic E-state index is 13.5. The smallest absolute Gasteiger partial charge is 0.399 e. The van der Waals surface area contributed by atoms with Crippen LogP contribution in [0.5, 0.6) is 0 Å². The number of hydrogen-bond acceptors (Lipinski definition) is 6. The van der Waals surface area contributed by atoms with Crippen LogP contribution in [0, 0.1) is 19.8 Å². The number of rotatable bonds is 5. The number of pyridine rings is 1. The monoisotopic (exact) mass is 484 g/mol. The van der Waals surface area contributed by atoms with Gasteiger partial charge in [-0.15, -0.1) is 0 Å². The molecule has 0 bridgehead atoms. The van der Waals surface area contributed by atoms with Gasteiger partial charge in [-0.05, 0) is 58.7 Å². The highest BCUT2D eigenvalue weighted by Gasteiger charge is 2.49. The van der Waals surface area contributed by atoms with Gasteiger partial charge >= 0.3 is 18.2 Å². The van der Waals surface area contributed by atoms with Gasteiger partial charge in [0.15, 0.2) is 5.13 Å². The fourth-order valence-electron chi connectivity index (χ4n) is 3.55. The molecule has 1 saturated heterocycles. The lowest BCUT2D eigenvalue weighted by Gasteiger charge is -2.27. The van der Waals surface area contributed by atoms with Crippen LogP contribution in [0.15, 0.2) is 12.1 Å². The summed E-state index contributed by atoms with van der Waals surface area (Å²) in [5.74, 6) is -0.662. The molecule has 3 rings (SSSR count). The highest BCUT2D eigenvalue weighted by molar-refractivity contribution is 7.19. The van der Waals surface area contributed by atoms with Crippen LogP contribution >= 0.6 is 11.3 Å². The number of urea groups is 1. The second-order valence-electron chi connectivity index (χ2n) is 8.55. The van der Waals surface area contributed by atoms with E-state index in [1.807, 2.05) is 0 Å². The fourth-order valence-corrected chi connectivity index (χ4v) is 4.49. The number of carbonyl (C=O) groups excluding carboxylic acids is 2. The fraction of sp³-hybridized carbons (Fsp3) is 0.545. The van der Waals surface area contributed by atoms with Crippen molar-refractivity contribution in [3.05, 3.63) is 29.2 Å². The van der Waals surface area contributed by atoms with E-state index in [0.29, 0.717) is 46.5 Å². The SMILES string of the molecule is CCOC(=O)[C@@H]1CCN(C(=O)Nc2nc(C)c(-c3cc(C)nc(C(C)(C)C(F)(F)F)c3)s2)C1. The molecule has 180 valence electrons. The number of aromatic nitrogens is 2. The van der Waals surface area contributed by atoms with Crippen molar-refractivity contribution in [1.29, 1.82) is 0 Å². The molecule has 33 heavy (non-hydrogen) atoms. The molecule has 1 N–H and O–H groups in total. The number of thiazole rings is 1. The molecule has 2 aromatic rings. The normalized spacial score (nSPS) is 16.7. The summed E-state index contributed by atoms with van der Waals surface area (Å²) in [4.78, 5) is 35.2. The molecular formula is C22H27F3N4O3S. The van der Waals surface area contributed by atoms with Crippen molar-refractivity contribution in [1.82, 2.24) is 14.9 Å². The van der Waals surface area contributed by atoms with Crippen molar-refractivity contribution < 1.29 is 27.5 Å². The Hall–Kier alpha value is -2.69. The Morgan fingerprint density at radius 3 is 2.58 bits per heavy atom. The van der Waals surface area contributed by atoms with E-state index in [-0.39, 0.29) is 30.2 Å². The minimum absolute atomic E-state index is 0.0783. The second kappa shape index (κ2) is 9.28. The summed E-state index contributed by atoms with van der Waals surface area (Å²) in [5, 5.41) is 3.07. The molecular weight excluding hydrogens is 457 g/mol. The van der Waals surface area contributed by atoms with Gasteiger partial charge in [0.05, 0.1) is 28.8 Å². The summed E-state index contributed by atoms with van der Waals surface area (Å²) in [6.07, 6.45) is -3.92. The quantitative estimate of drug-likeness (QED) is 0.599.